The third kappa shape index (κ3) is 1.02. The molecule has 1 unspecified atom stereocenters. The van der Waals surface area contributed by atoms with Gasteiger partial charge in [0.1, 0.15) is 6.10 Å². The number of hydrogen-bond acceptors (Lipinski definition) is 3. The van der Waals surface area contributed by atoms with E-state index in [1.165, 1.54) is 4.90 Å². The molecule has 1 aliphatic rings. The van der Waals surface area contributed by atoms with Crippen molar-refractivity contribution in [2.45, 2.75) is 12.5 Å². The first-order valence-corrected chi connectivity index (χ1v) is 3.10. The highest BCUT2D eigenvalue weighted by molar-refractivity contribution is 6.38. The molecule has 0 aromatic heterocycles. The molecular weight excluding hydrogens is 134 g/mol. The van der Waals surface area contributed by atoms with Crippen LogP contribution >= 0.6 is 0 Å². The third-order valence-corrected chi connectivity index (χ3v) is 1.60. The molecule has 1 rings (SSSR count). The molecule has 56 valence electrons. The van der Waals surface area contributed by atoms with Crippen LogP contribution in [0.5, 0.6) is 0 Å². The molecule has 1 aliphatic heterocycles. The summed E-state index contributed by atoms with van der Waals surface area (Å²) in [5.41, 5.74) is 0. The monoisotopic (exact) mass is 143 g/mol. The number of likely N-dealkylation sites (tertiary alicyclic amines) is 1. The Balaban J connectivity index is 2.70. The van der Waals surface area contributed by atoms with E-state index in [1.54, 1.807) is 7.05 Å². The molecule has 0 spiro atoms. The highest BCUT2D eigenvalue weighted by Gasteiger charge is 2.30. The number of Topliss-reactive ketones (excluding diaryl/α,β-unsaturated/α-hetero) is 1. The van der Waals surface area contributed by atoms with E-state index in [1.807, 2.05) is 0 Å². The van der Waals surface area contributed by atoms with E-state index in [2.05, 4.69) is 0 Å². The van der Waals surface area contributed by atoms with Crippen LogP contribution < -0.4 is 0 Å². The van der Waals surface area contributed by atoms with Gasteiger partial charge in [-0.25, -0.2) is 0 Å². The zero-order valence-electron chi connectivity index (χ0n) is 5.70. The third-order valence-electron chi connectivity index (χ3n) is 1.60. The van der Waals surface area contributed by atoms with Crippen molar-refractivity contribution in [1.82, 2.24) is 4.90 Å². The Labute approximate surface area is 58.4 Å². The number of aliphatic hydroxyl groups is 1. The van der Waals surface area contributed by atoms with E-state index < -0.39 is 17.8 Å². The van der Waals surface area contributed by atoms with Crippen LogP contribution in [0.25, 0.3) is 0 Å². The van der Waals surface area contributed by atoms with Crippen molar-refractivity contribution >= 4 is 11.7 Å². The Morgan fingerprint density at radius 1 is 1.60 bits per heavy atom. The lowest BCUT2D eigenvalue weighted by atomic mass is 10.1. The zero-order valence-corrected chi connectivity index (χ0v) is 5.70. The molecule has 0 radical (unpaired) electrons. The van der Waals surface area contributed by atoms with Crippen LogP contribution in [0, 0.1) is 0 Å². The molecule has 1 fully saturated rings. The molecule has 4 nitrogen and oxygen atoms in total. The summed E-state index contributed by atoms with van der Waals surface area (Å²) < 4.78 is 0. The van der Waals surface area contributed by atoms with E-state index >= 15 is 0 Å². The summed E-state index contributed by atoms with van der Waals surface area (Å²) in [6.07, 6.45) is -0.704. The van der Waals surface area contributed by atoms with E-state index in [0.29, 0.717) is 13.0 Å². The molecular formula is C6H9NO3. The Morgan fingerprint density at radius 2 is 2.20 bits per heavy atom. The first-order valence-electron chi connectivity index (χ1n) is 3.10. The molecule has 1 N–H and O–H groups in total. The number of aliphatic hydroxyl groups excluding tert-OH is 1. The number of piperidine rings is 1. The Morgan fingerprint density at radius 3 is 2.70 bits per heavy atom. The minimum Gasteiger partial charge on any atom is -0.385 e. The normalized spacial score (nSPS) is 27.4. The summed E-state index contributed by atoms with van der Waals surface area (Å²) >= 11 is 0. The summed E-state index contributed by atoms with van der Waals surface area (Å²) in [6, 6.07) is 0. The lowest BCUT2D eigenvalue weighted by Crippen LogP contribution is -2.46. The SMILES string of the molecule is CN1CCC(O)C(=O)C1=O. The van der Waals surface area contributed by atoms with Crippen LogP contribution in [-0.2, 0) is 9.59 Å². The van der Waals surface area contributed by atoms with Crippen LogP contribution in [0.3, 0.4) is 0 Å². The van der Waals surface area contributed by atoms with Crippen molar-refractivity contribution in [3.05, 3.63) is 0 Å². The van der Waals surface area contributed by atoms with Crippen molar-refractivity contribution < 1.29 is 14.7 Å². The van der Waals surface area contributed by atoms with E-state index in [9.17, 15) is 9.59 Å². The van der Waals surface area contributed by atoms with Crippen molar-refractivity contribution in [1.29, 1.82) is 0 Å². The minimum atomic E-state index is -1.07. The van der Waals surface area contributed by atoms with Gasteiger partial charge in [-0.15, -0.1) is 0 Å². The number of carbonyl (C=O) groups excluding carboxylic acids is 2. The number of rotatable bonds is 0. The second kappa shape index (κ2) is 2.38. The highest BCUT2D eigenvalue weighted by Crippen LogP contribution is 2.05. The summed E-state index contributed by atoms with van der Waals surface area (Å²) in [4.78, 5) is 22.8. The van der Waals surface area contributed by atoms with Gasteiger partial charge in [-0.1, -0.05) is 0 Å². The fraction of sp³-hybridized carbons (Fsp3) is 0.667. The van der Waals surface area contributed by atoms with Crippen molar-refractivity contribution in [3.63, 3.8) is 0 Å². The average Bonchev–Trinajstić information content (AvgIpc) is 1.93. The van der Waals surface area contributed by atoms with Gasteiger partial charge in [0.05, 0.1) is 0 Å². The number of likely N-dealkylation sites (N-methyl/N-ethyl adjacent to an activating group) is 1. The maximum atomic E-state index is 10.8. The molecule has 0 aromatic carbocycles. The molecule has 10 heavy (non-hydrogen) atoms. The lowest BCUT2D eigenvalue weighted by Gasteiger charge is -2.23. The predicted molar refractivity (Wildman–Crippen MR) is 33.3 cm³/mol. The van der Waals surface area contributed by atoms with Crippen LogP contribution in [0.1, 0.15) is 6.42 Å². The number of carbonyl (C=O) groups is 2. The Kier molecular flexibility index (Phi) is 1.72. The van der Waals surface area contributed by atoms with Gasteiger partial charge in [0, 0.05) is 13.6 Å². The zero-order chi connectivity index (χ0) is 7.72. The summed E-state index contributed by atoms with van der Waals surface area (Å²) in [7, 11) is 1.55. The largest absolute Gasteiger partial charge is 0.385 e. The van der Waals surface area contributed by atoms with Crippen molar-refractivity contribution in [2.24, 2.45) is 0 Å². The number of hydrogen-bond donors (Lipinski definition) is 1. The van der Waals surface area contributed by atoms with Crippen LogP contribution in [0.15, 0.2) is 0 Å². The second-order valence-electron chi connectivity index (χ2n) is 2.40. The van der Waals surface area contributed by atoms with Gasteiger partial charge in [0.2, 0.25) is 5.78 Å². The van der Waals surface area contributed by atoms with Crippen molar-refractivity contribution in [3.8, 4) is 0 Å². The van der Waals surface area contributed by atoms with Gasteiger partial charge in [0.25, 0.3) is 5.91 Å². The van der Waals surface area contributed by atoms with Gasteiger partial charge in [-0.3, -0.25) is 9.59 Å². The van der Waals surface area contributed by atoms with E-state index in [-0.39, 0.29) is 0 Å². The molecule has 0 aromatic rings. The Hall–Kier alpha value is -0.900. The highest BCUT2D eigenvalue weighted by atomic mass is 16.3. The van der Waals surface area contributed by atoms with Crippen LogP contribution in [-0.4, -0.2) is 41.4 Å². The maximum absolute atomic E-state index is 10.8. The molecule has 0 aliphatic carbocycles. The predicted octanol–water partition coefficient (Wildman–Crippen LogP) is -1.22. The van der Waals surface area contributed by atoms with Gasteiger partial charge < -0.3 is 10.0 Å². The number of nitrogens with zero attached hydrogens (tertiary/aromatic N) is 1. The number of ketones is 1. The molecule has 0 bridgehead atoms. The first-order chi connectivity index (χ1) is 4.63. The molecule has 1 atom stereocenters. The van der Waals surface area contributed by atoms with Crippen molar-refractivity contribution in [2.75, 3.05) is 13.6 Å². The molecule has 1 amide bonds. The van der Waals surface area contributed by atoms with Gasteiger partial charge >= 0.3 is 0 Å². The molecule has 0 saturated carbocycles. The lowest BCUT2D eigenvalue weighted by molar-refractivity contribution is -0.151. The fourth-order valence-electron chi connectivity index (χ4n) is 0.879. The van der Waals surface area contributed by atoms with Gasteiger partial charge in [-0.05, 0) is 6.42 Å². The van der Waals surface area contributed by atoms with E-state index in [4.69, 9.17) is 5.11 Å². The first kappa shape index (κ1) is 7.21. The molecule has 1 heterocycles. The minimum absolute atomic E-state index is 0.362. The van der Waals surface area contributed by atoms with E-state index in [0.717, 1.165) is 0 Å². The Bertz CT molecular complexity index is 158. The summed E-state index contributed by atoms with van der Waals surface area (Å²) in [5.74, 6) is -1.27. The van der Waals surface area contributed by atoms with Crippen LogP contribution in [0.4, 0.5) is 0 Å². The van der Waals surface area contributed by atoms with Gasteiger partial charge in [0.15, 0.2) is 0 Å². The van der Waals surface area contributed by atoms with Gasteiger partial charge in [-0.2, -0.15) is 0 Å². The summed E-state index contributed by atoms with van der Waals surface area (Å²) in [6.45, 7) is 0.464. The quantitative estimate of drug-likeness (QED) is 0.432. The molecule has 1 saturated heterocycles. The second-order valence-corrected chi connectivity index (χ2v) is 2.40. The van der Waals surface area contributed by atoms with Crippen LogP contribution in [0.2, 0.25) is 0 Å². The maximum Gasteiger partial charge on any atom is 0.292 e. The smallest absolute Gasteiger partial charge is 0.292 e. The number of amides is 1. The summed E-state index contributed by atoms with van der Waals surface area (Å²) in [5, 5.41) is 8.87. The average molecular weight is 143 g/mol. The standard InChI is InChI=1S/C6H9NO3/c1-7-3-2-4(8)5(9)6(7)10/h4,8H,2-3H2,1H3. The fourth-order valence-corrected chi connectivity index (χ4v) is 0.879. The topological polar surface area (TPSA) is 57.6 Å². The molecule has 4 heteroatoms.